The zero-order valence-corrected chi connectivity index (χ0v) is 11.6. The largest absolute Gasteiger partial charge is 0.330 e. The van der Waals surface area contributed by atoms with Gasteiger partial charge in [0.15, 0.2) is 0 Å². The Bertz CT molecular complexity index is 404. The van der Waals surface area contributed by atoms with Crippen molar-refractivity contribution in [3.8, 4) is 0 Å². The molecule has 1 aliphatic heterocycles. The van der Waals surface area contributed by atoms with E-state index in [2.05, 4.69) is 28.7 Å². The van der Waals surface area contributed by atoms with Crippen molar-refractivity contribution >= 4 is 10.8 Å². The number of nitrogens with one attached hydrogen (secondary N) is 1. The van der Waals surface area contributed by atoms with Gasteiger partial charge in [0.1, 0.15) is 0 Å². The number of imidazole rings is 1. The molecule has 1 aromatic heterocycles. The number of hydrogen-bond acceptors (Lipinski definition) is 3. The number of hydrogen-bond donors (Lipinski definition) is 1. The average Bonchev–Trinajstić information content (AvgIpc) is 2.80. The van der Waals surface area contributed by atoms with Gasteiger partial charge in [-0.05, 0) is 33.7 Å². The van der Waals surface area contributed by atoms with E-state index in [-0.39, 0.29) is 5.54 Å². The fourth-order valence-corrected chi connectivity index (χ4v) is 3.54. The van der Waals surface area contributed by atoms with E-state index in [1.807, 2.05) is 19.6 Å². The van der Waals surface area contributed by atoms with Gasteiger partial charge in [0.2, 0.25) is 0 Å². The van der Waals surface area contributed by atoms with Crippen molar-refractivity contribution in [2.24, 2.45) is 0 Å². The quantitative estimate of drug-likeness (QED) is 0.888. The average molecular weight is 255 g/mol. The minimum atomic E-state index is -0.601. The minimum Gasteiger partial charge on any atom is -0.330 e. The fraction of sp³-hybridized carbons (Fsp3) is 0.750. The first kappa shape index (κ1) is 12.8. The maximum atomic E-state index is 11.4. The van der Waals surface area contributed by atoms with Crippen molar-refractivity contribution in [2.45, 2.75) is 38.3 Å². The summed E-state index contributed by atoms with van der Waals surface area (Å²) in [7, 11) is 1.36. The Morgan fingerprint density at radius 2 is 2.12 bits per heavy atom. The van der Waals surface area contributed by atoms with Crippen molar-refractivity contribution in [3.63, 3.8) is 0 Å². The van der Waals surface area contributed by atoms with E-state index < -0.39 is 10.8 Å². The van der Waals surface area contributed by atoms with Crippen LogP contribution in [-0.4, -0.2) is 32.3 Å². The summed E-state index contributed by atoms with van der Waals surface area (Å²) in [5.74, 6) is 1.64. The molecule has 0 aliphatic carbocycles. The van der Waals surface area contributed by atoms with Crippen molar-refractivity contribution in [1.29, 1.82) is 0 Å². The van der Waals surface area contributed by atoms with Gasteiger partial charge in [0.05, 0.1) is 23.8 Å². The lowest BCUT2D eigenvalue weighted by atomic mass is 10.0. The lowest BCUT2D eigenvalue weighted by Gasteiger charge is -2.30. The number of rotatable bonds is 3. The SMILES string of the molecule is CNC(C)(C)c1cncn1C1CCS(=O)CC1. The van der Waals surface area contributed by atoms with E-state index in [4.69, 9.17) is 0 Å². The Morgan fingerprint density at radius 3 is 2.71 bits per heavy atom. The van der Waals surface area contributed by atoms with Crippen LogP contribution in [0.25, 0.3) is 0 Å². The van der Waals surface area contributed by atoms with E-state index >= 15 is 0 Å². The van der Waals surface area contributed by atoms with Gasteiger partial charge >= 0.3 is 0 Å². The first-order valence-electron chi connectivity index (χ1n) is 6.11. The molecule has 5 heteroatoms. The number of aromatic nitrogens is 2. The summed E-state index contributed by atoms with van der Waals surface area (Å²) in [6, 6.07) is 0.456. The van der Waals surface area contributed by atoms with E-state index in [1.165, 1.54) is 5.69 Å². The molecule has 0 saturated carbocycles. The van der Waals surface area contributed by atoms with Gasteiger partial charge in [0.25, 0.3) is 0 Å². The minimum absolute atomic E-state index is 0.0763. The zero-order valence-electron chi connectivity index (χ0n) is 10.8. The second-order valence-electron chi connectivity index (χ2n) is 5.14. The van der Waals surface area contributed by atoms with Gasteiger partial charge in [-0.1, -0.05) is 0 Å². The molecule has 0 bridgehead atoms. The van der Waals surface area contributed by atoms with Crippen molar-refractivity contribution < 1.29 is 4.21 Å². The molecule has 1 aromatic rings. The van der Waals surface area contributed by atoms with Crippen molar-refractivity contribution in [3.05, 3.63) is 18.2 Å². The van der Waals surface area contributed by atoms with Crippen molar-refractivity contribution in [1.82, 2.24) is 14.9 Å². The molecule has 0 aromatic carbocycles. The van der Waals surface area contributed by atoms with Crippen LogP contribution < -0.4 is 5.32 Å². The summed E-state index contributed by atoms with van der Waals surface area (Å²) >= 11 is 0. The molecule has 2 rings (SSSR count). The van der Waals surface area contributed by atoms with Crippen LogP contribution in [0.15, 0.2) is 12.5 Å². The van der Waals surface area contributed by atoms with Crippen molar-refractivity contribution in [2.75, 3.05) is 18.6 Å². The van der Waals surface area contributed by atoms with E-state index in [9.17, 15) is 4.21 Å². The molecule has 96 valence electrons. The van der Waals surface area contributed by atoms with E-state index in [1.54, 1.807) is 0 Å². The maximum absolute atomic E-state index is 11.4. The topological polar surface area (TPSA) is 46.9 Å². The Morgan fingerprint density at radius 1 is 1.47 bits per heavy atom. The van der Waals surface area contributed by atoms with E-state index in [0.717, 1.165) is 24.3 Å². The summed E-state index contributed by atoms with van der Waals surface area (Å²) < 4.78 is 13.6. The summed E-state index contributed by atoms with van der Waals surface area (Å²) in [6.45, 7) is 4.31. The summed E-state index contributed by atoms with van der Waals surface area (Å²) in [5, 5.41) is 3.31. The summed E-state index contributed by atoms with van der Waals surface area (Å²) in [6.07, 6.45) is 5.83. The molecule has 0 atom stereocenters. The number of nitrogens with zero attached hydrogens (tertiary/aromatic N) is 2. The predicted octanol–water partition coefficient (Wildman–Crippen LogP) is 1.42. The molecule has 0 amide bonds. The van der Waals surface area contributed by atoms with Gasteiger partial charge in [-0.15, -0.1) is 0 Å². The molecule has 2 heterocycles. The van der Waals surface area contributed by atoms with Crippen LogP contribution in [-0.2, 0) is 16.3 Å². The van der Waals surface area contributed by atoms with Crippen LogP contribution in [0.4, 0.5) is 0 Å². The van der Waals surface area contributed by atoms with Gasteiger partial charge in [-0.25, -0.2) is 4.98 Å². The molecular formula is C12H21N3OS. The second-order valence-corrected chi connectivity index (χ2v) is 6.84. The first-order valence-corrected chi connectivity index (χ1v) is 7.59. The molecule has 1 fully saturated rings. The van der Waals surface area contributed by atoms with Gasteiger partial charge in [-0.2, -0.15) is 0 Å². The molecule has 17 heavy (non-hydrogen) atoms. The fourth-order valence-electron chi connectivity index (χ4n) is 2.27. The second kappa shape index (κ2) is 4.90. The van der Waals surface area contributed by atoms with Gasteiger partial charge in [0, 0.05) is 28.3 Å². The molecule has 4 nitrogen and oxygen atoms in total. The molecule has 0 radical (unpaired) electrons. The van der Waals surface area contributed by atoms with Crippen LogP contribution >= 0.6 is 0 Å². The Kier molecular flexibility index (Phi) is 3.68. The van der Waals surface area contributed by atoms with Gasteiger partial charge < -0.3 is 9.88 Å². The summed E-state index contributed by atoms with van der Waals surface area (Å²) in [5.41, 5.74) is 1.13. The smallest absolute Gasteiger partial charge is 0.0951 e. The Labute approximate surface area is 105 Å². The van der Waals surface area contributed by atoms with Crippen LogP contribution in [0.2, 0.25) is 0 Å². The van der Waals surface area contributed by atoms with Crippen LogP contribution in [0.1, 0.15) is 38.4 Å². The monoisotopic (exact) mass is 255 g/mol. The predicted molar refractivity (Wildman–Crippen MR) is 70.5 cm³/mol. The molecule has 0 unspecified atom stereocenters. The normalized spacial score (nSPS) is 26.1. The highest BCUT2D eigenvalue weighted by Crippen LogP contribution is 2.28. The Hall–Kier alpha value is -0.680. The molecule has 1 aliphatic rings. The standard InChI is InChI=1S/C12H21N3OS/c1-12(2,13-3)11-8-14-9-15(11)10-4-6-17(16)7-5-10/h8-10,13H,4-7H2,1-3H3. The molecule has 1 saturated heterocycles. The highest BCUT2D eigenvalue weighted by molar-refractivity contribution is 7.85. The third kappa shape index (κ3) is 2.60. The first-order chi connectivity index (χ1) is 8.04. The lowest BCUT2D eigenvalue weighted by molar-refractivity contribution is 0.369. The third-order valence-corrected chi connectivity index (χ3v) is 5.06. The molecule has 0 spiro atoms. The third-order valence-electron chi connectivity index (χ3n) is 3.68. The van der Waals surface area contributed by atoms with Crippen LogP contribution in [0.5, 0.6) is 0 Å². The summed E-state index contributed by atoms with van der Waals surface area (Å²) in [4.78, 5) is 4.28. The van der Waals surface area contributed by atoms with Crippen LogP contribution in [0, 0.1) is 0 Å². The zero-order chi connectivity index (χ0) is 12.5. The van der Waals surface area contributed by atoms with E-state index in [0.29, 0.717) is 6.04 Å². The highest BCUT2D eigenvalue weighted by Gasteiger charge is 2.27. The molecule has 1 N–H and O–H groups in total. The lowest BCUT2D eigenvalue weighted by Crippen LogP contribution is -2.36. The Balaban J connectivity index is 2.22. The maximum Gasteiger partial charge on any atom is 0.0951 e. The molecular weight excluding hydrogens is 234 g/mol. The van der Waals surface area contributed by atoms with Gasteiger partial charge in [-0.3, -0.25) is 4.21 Å². The van der Waals surface area contributed by atoms with Crippen LogP contribution in [0.3, 0.4) is 0 Å². The highest BCUT2D eigenvalue weighted by atomic mass is 32.2.